The smallest absolute Gasteiger partial charge is 0.356 e. The van der Waals surface area contributed by atoms with Gasteiger partial charge in [-0.15, -0.1) is 0 Å². The van der Waals surface area contributed by atoms with Gasteiger partial charge in [-0.05, 0) is 19.1 Å². The third-order valence-electron chi connectivity index (χ3n) is 2.16. The number of ether oxygens (including phenoxy) is 1. The standard InChI is InChI=1S/C11H12N4O3/c1-2-18-11(17)8-6-9(15-14-8)13-10(16)7-4-3-5-12-7/h3-6,12H,2H2,1H3,(H2,13,14,15,16). The quantitative estimate of drug-likeness (QED) is 0.707. The molecule has 0 bridgehead atoms. The fourth-order valence-electron chi connectivity index (χ4n) is 1.35. The van der Waals surface area contributed by atoms with Crippen molar-refractivity contribution in [2.75, 3.05) is 11.9 Å². The average Bonchev–Trinajstić information content (AvgIpc) is 2.99. The Morgan fingerprint density at radius 3 is 2.94 bits per heavy atom. The molecule has 0 spiro atoms. The van der Waals surface area contributed by atoms with Crippen LogP contribution in [0.5, 0.6) is 0 Å². The van der Waals surface area contributed by atoms with Gasteiger partial charge in [-0.3, -0.25) is 9.89 Å². The van der Waals surface area contributed by atoms with Crippen LogP contribution in [0.4, 0.5) is 5.82 Å². The number of carbonyl (C=O) groups is 2. The molecule has 94 valence electrons. The number of hydrogen-bond acceptors (Lipinski definition) is 4. The summed E-state index contributed by atoms with van der Waals surface area (Å²) in [5.74, 6) is -0.579. The van der Waals surface area contributed by atoms with Crippen molar-refractivity contribution in [3.05, 3.63) is 35.8 Å². The van der Waals surface area contributed by atoms with Gasteiger partial charge >= 0.3 is 5.97 Å². The van der Waals surface area contributed by atoms with E-state index < -0.39 is 5.97 Å². The monoisotopic (exact) mass is 248 g/mol. The molecule has 2 aromatic rings. The van der Waals surface area contributed by atoms with Crippen molar-refractivity contribution in [2.45, 2.75) is 6.92 Å². The van der Waals surface area contributed by atoms with Crippen molar-refractivity contribution >= 4 is 17.7 Å². The number of nitrogens with zero attached hydrogens (tertiary/aromatic N) is 1. The molecule has 0 aliphatic carbocycles. The average molecular weight is 248 g/mol. The van der Waals surface area contributed by atoms with Crippen molar-refractivity contribution in [3.63, 3.8) is 0 Å². The normalized spacial score (nSPS) is 10.1. The number of aromatic amines is 2. The van der Waals surface area contributed by atoms with E-state index in [2.05, 4.69) is 20.5 Å². The molecule has 2 aromatic heterocycles. The van der Waals surface area contributed by atoms with E-state index in [-0.39, 0.29) is 24.0 Å². The molecule has 0 saturated carbocycles. The second-order valence-corrected chi connectivity index (χ2v) is 3.43. The van der Waals surface area contributed by atoms with Gasteiger partial charge in [-0.1, -0.05) is 0 Å². The first-order valence-electron chi connectivity index (χ1n) is 5.38. The highest BCUT2D eigenvalue weighted by atomic mass is 16.5. The van der Waals surface area contributed by atoms with Gasteiger partial charge in [0, 0.05) is 12.3 Å². The Balaban J connectivity index is 2.03. The molecule has 1 amide bonds. The maximum Gasteiger partial charge on any atom is 0.356 e. The van der Waals surface area contributed by atoms with E-state index >= 15 is 0 Å². The van der Waals surface area contributed by atoms with Crippen molar-refractivity contribution in [3.8, 4) is 0 Å². The van der Waals surface area contributed by atoms with Gasteiger partial charge in [0.2, 0.25) is 0 Å². The fourth-order valence-corrected chi connectivity index (χ4v) is 1.35. The molecule has 0 saturated heterocycles. The van der Waals surface area contributed by atoms with E-state index in [4.69, 9.17) is 4.74 Å². The molecule has 0 aliphatic rings. The topological polar surface area (TPSA) is 99.9 Å². The van der Waals surface area contributed by atoms with Gasteiger partial charge in [0.05, 0.1) is 6.61 Å². The van der Waals surface area contributed by atoms with Gasteiger partial charge in [0.15, 0.2) is 5.82 Å². The fraction of sp³-hybridized carbons (Fsp3) is 0.182. The number of esters is 1. The predicted molar refractivity (Wildman–Crippen MR) is 63.3 cm³/mol. The van der Waals surface area contributed by atoms with Gasteiger partial charge in [-0.25, -0.2) is 4.79 Å². The summed E-state index contributed by atoms with van der Waals surface area (Å²) in [6, 6.07) is 4.76. The van der Waals surface area contributed by atoms with Crippen LogP contribution < -0.4 is 5.32 Å². The predicted octanol–water partition coefficient (Wildman–Crippen LogP) is 1.17. The van der Waals surface area contributed by atoms with Crippen LogP contribution in [0.3, 0.4) is 0 Å². The second kappa shape index (κ2) is 5.17. The minimum absolute atomic E-state index is 0.193. The molecule has 0 radical (unpaired) electrons. The van der Waals surface area contributed by atoms with Crippen molar-refractivity contribution < 1.29 is 14.3 Å². The summed E-state index contributed by atoms with van der Waals surface area (Å²) in [5.41, 5.74) is 0.606. The molecular formula is C11H12N4O3. The summed E-state index contributed by atoms with van der Waals surface area (Å²) < 4.78 is 4.79. The highest BCUT2D eigenvalue weighted by Crippen LogP contribution is 2.08. The van der Waals surface area contributed by atoms with Gasteiger partial charge in [0.25, 0.3) is 5.91 Å². The Bertz CT molecular complexity index is 544. The molecule has 18 heavy (non-hydrogen) atoms. The largest absolute Gasteiger partial charge is 0.461 e. The Labute approximate surface area is 103 Å². The van der Waals surface area contributed by atoms with Crippen LogP contribution in [-0.2, 0) is 4.74 Å². The maximum atomic E-state index is 11.7. The number of anilines is 1. The molecule has 2 rings (SSSR count). The highest BCUT2D eigenvalue weighted by molar-refractivity contribution is 6.02. The van der Waals surface area contributed by atoms with E-state index in [0.717, 1.165) is 0 Å². The van der Waals surface area contributed by atoms with Crippen molar-refractivity contribution in [2.24, 2.45) is 0 Å². The molecule has 0 atom stereocenters. The zero-order valence-corrected chi connectivity index (χ0v) is 9.69. The number of nitrogens with one attached hydrogen (secondary N) is 3. The summed E-state index contributed by atoms with van der Waals surface area (Å²) in [6.07, 6.45) is 1.64. The lowest BCUT2D eigenvalue weighted by molar-refractivity contribution is 0.0519. The van der Waals surface area contributed by atoms with E-state index in [1.807, 2.05) is 0 Å². The highest BCUT2D eigenvalue weighted by Gasteiger charge is 2.13. The number of hydrogen-bond donors (Lipinski definition) is 3. The second-order valence-electron chi connectivity index (χ2n) is 3.43. The van der Waals surface area contributed by atoms with E-state index in [9.17, 15) is 9.59 Å². The third-order valence-corrected chi connectivity index (χ3v) is 2.16. The van der Waals surface area contributed by atoms with Crippen LogP contribution in [0.25, 0.3) is 0 Å². The van der Waals surface area contributed by atoms with E-state index in [1.165, 1.54) is 6.07 Å². The van der Waals surface area contributed by atoms with E-state index in [1.54, 1.807) is 25.3 Å². The lowest BCUT2D eigenvalue weighted by Crippen LogP contribution is -2.12. The first kappa shape index (κ1) is 11.9. The Morgan fingerprint density at radius 1 is 1.44 bits per heavy atom. The molecule has 0 fully saturated rings. The van der Waals surface area contributed by atoms with Crippen molar-refractivity contribution in [1.29, 1.82) is 0 Å². The van der Waals surface area contributed by atoms with Crippen LogP contribution in [0.15, 0.2) is 24.4 Å². The Morgan fingerprint density at radius 2 is 2.28 bits per heavy atom. The Kier molecular flexibility index (Phi) is 3.42. The molecular weight excluding hydrogens is 236 g/mol. The van der Waals surface area contributed by atoms with Crippen LogP contribution in [0.1, 0.15) is 27.9 Å². The molecule has 0 unspecified atom stereocenters. The SMILES string of the molecule is CCOC(=O)c1cc(NC(=O)c2ccc[nH]2)n[nH]1. The lowest BCUT2D eigenvalue weighted by Gasteiger charge is -1.98. The number of rotatable bonds is 4. The maximum absolute atomic E-state index is 11.7. The summed E-state index contributed by atoms with van der Waals surface area (Å²) >= 11 is 0. The molecule has 0 aliphatic heterocycles. The first-order valence-corrected chi connectivity index (χ1v) is 5.38. The minimum atomic E-state index is -0.509. The molecule has 3 N–H and O–H groups in total. The summed E-state index contributed by atoms with van der Waals surface area (Å²) in [7, 11) is 0. The number of carbonyl (C=O) groups excluding carboxylic acids is 2. The first-order chi connectivity index (χ1) is 8.70. The number of amides is 1. The van der Waals surface area contributed by atoms with Crippen LogP contribution in [0, 0.1) is 0 Å². The lowest BCUT2D eigenvalue weighted by atomic mass is 10.4. The summed E-state index contributed by atoms with van der Waals surface area (Å²) in [5, 5.41) is 8.83. The van der Waals surface area contributed by atoms with Crippen LogP contribution >= 0.6 is 0 Å². The minimum Gasteiger partial charge on any atom is -0.461 e. The molecule has 0 aromatic carbocycles. The third kappa shape index (κ3) is 2.57. The van der Waals surface area contributed by atoms with Gasteiger partial charge in [-0.2, -0.15) is 5.10 Å². The van der Waals surface area contributed by atoms with Gasteiger partial charge < -0.3 is 15.0 Å². The molecule has 7 heteroatoms. The number of aromatic nitrogens is 3. The number of H-pyrrole nitrogens is 2. The van der Waals surface area contributed by atoms with Crippen LogP contribution in [0.2, 0.25) is 0 Å². The summed E-state index contributed by atoms with van der Waals surface area (Å²) in [6.45, 7) is 1.99. The Hall–Kier alpha value is -2.57. The van der Waals surface area contributed by atoms with Gasteiger partial charge in [0.1, 0.15) is 11.4 Å². The van der Waals surface area contributed by atoms with Crippen LogP contribution in [-0.4, -0.2) is 33.7 Å². The molecule has 7 nitrogen and oxygen atoms in total. The van der Waals surface area contributed by atoms with E-state index in [0.29, 0.717) is 5.69 Å². The van der Waals surface area contributed by atoms with Crippen molar-refractivity contribution in [1.82, 2.24) is 15.2 Å². The summed E-state index contributed by atoms with van der Waals surface area (Å²) in [4.78, 5) is 25.8. The zero-order valence-electron chi connectivity index (χ0n) is 9.69. The zero-order chi connectivity index (χ0) is 13.0. The molecule has 2 heterocycles.